The number of benzene rings is 2. The highest BCUT2D eigenvalue weighted by atomic mass is 79.9. The Kier molecular flexibility index (Phi) is 4.69. The SMILES string of the molecule is O=C(Nc1cnccn1)c1ccc(Cl)c(-c2ccc(Br)cc2)c1. The van der Waals surface area contributed by atoms with Gasteiger partial charge >= 0.3 is 0 Å². The van der Waals surface area contributed by atoms with E-state index < -0.39 is 0 Å². The first kappa shape index (κ1) is 15.6. The van der Waals surface area contributed by atoms with Crippen LogP contribution in [-0.2, 0) is 0 Å². The van der Waals surface area contributed by atoms with Gasteiger partial charge < -0.3 is 5.32 Å². The van der Waals surface area contributed by atoms with E-state index in [4.69, 9.17) is 11.6 Å². The molecule has 1 heterocycles. The first-order valence-corrected chi connectivity index (χ1v) is 7.93. The molecule has 0 radical (unpaired) electrons. The number of amides is 1. The molecule has 0 aliphatic rings. The molecule has 3 aromatic rings. The Balaban J connectivity index is 1.91. The average Bonchev–Trinajstić information content (AvgIpc) is 2.57. The zero-order valence-electron chi connectivity index (χ0n) is 11.8. The Morgan fingerprint density at radius 2 is 1.87 bits per heavy atom. The van der Waals surface area contributed by atoms with Crippen LogP contribution in [0.15, 0.2) is 65.5 Å². The van der Waals surface area contributed by atoms with Crippen LogP contribution in [0.4, 0.5) is 5.82 Å². The number of nitrogens with one attached hydrogen (secondary N) is 1. The van der Waals surface area contributed by atoms with Crippen LogP contribution in [0.2, 0.25) is 5.02 Å². The molecule has 0 fully saturated rings. The summed E-state index contributed by atoms with van der Waals surface area (Å²) in [7, 11) is 0. The van der Waals surface area contributed by atoms with Gasteiger partial charge in [-0.05, 0) is 35.9 Å². The lowest BCUT2D eigenvalue weighted by atomic mass is 10.0. The van der Waals surface area contributed by atoms with E-state index in [0.717, 1.165) is 15.6 Å². The fourth-order valence-corrected chi connectivity index (χ4v) is 2.56. The maximum Gasteiger partial charge on any atom is 0.256 e. The van der Waals surface area contributed by atoms with Gasteiger partial charge in [0.2, 0.25) is 0 Å². The van der Waals surface area contributed by atoms with Crippen LogP contribution in [0.3, 0.4) is 0 Å². The molecule has 1 N–H and O–H groups in total. The zero-order valence-corrected chi connectivity index (χ0v) is 14.2. The molecule has 1 amide bonds. The Morgan fingerprint density at radius 3 is 2.57 bits per heavy atom. The molecule has 0 atom stereocenters. The molecular weight excluding hydrogens is 378 g/mol. The van der Waals surface area contributed by atoms with Crippen molar-refractivity contribution < 1.29 is 4.79 Å². The fourth-order valence-electron chi connectivity index (χ4n) is 2.07. The van der Waals surface area contributed by atoms with E-state index >= 15 is 0 Å². The summed E-state index contributed by atoms with van der Waals surface area (Å²) < 4.78 is 0.980. The standard InChI is InChI=1S/C17H11BrClN3O/c18-13-4-1-11(2-5-13)14-9-12(3-6-15(14)19)17(23)22-16-10-20-7-8-21-16/h1-10H,(H,21,22,23). The Labute approximate surface area is 146 Å². The normalized spacial score (nSPS) is 10.3. The molecule has 0 saturated heterocycles. The van der Waals surface area contributed by atoms with E-state index in [1.165, 1.54) is 12.4 Å². The number of nitrogens with zero attached hydrogens (tertiary/aromatic N) is 2. The number of halogens is 2. The average molecular weight is 389 g/mol. The third-order valence-corrected chi connectivity index (χ3v) is 4.05. The Morgan fingerprint density at radius 1 is 1.09 bits per heavy atom. The molecule has 0 saturated carbocycles. The molecule has 23 heavy (non-hydrogen) atoms. The Hall–Kier alpha value is -2.24. The van der Waals surface area contributed by atoms with Crippen molar-refractivity contribution in [3.63, 3.8) is 0 Å². The largest absolute Gasteiger partial charge is 0.305 e. The smallest absolute Gasteiger partial charge is 0.256 e. The maximum atomic E-state index is 12.3. The molecule has 114 valence electrons. The molecule has 2 aromatic carbocycles. The van der Waals surface area contributed by atoms with Crippen LogP contribution in [0, 0.1) is 0 Å². The molecule has 6 heteroatoms. The quantitative estimate of drug-likeness (QED) is 0.700. The lowest BCUT2D eigenvalue weighted by Gasteiger charge is -2.09. The minimum absolute atomic E-state index is 0.263. The van der Waals surface area contributed by atoms with Gasteiger partial charge in [0, 0.05) is 33.0 Å². The van der Waals surface area contributed by atoms with Crippen molar-refractivity contribution in [3.8, 4) is 11.1 Å². The number of rotatable bonds is 3. The van der Waals surface area contributed by atoms with Gasteiger partial charge in [-0.3, -0.25) is 9.78 Å². The summed E-state index contributed by atoms with van der Waals surface area (Å²) in [5.41, 5.74) is 2.23. The van der Waals surface area contributed by atoms with Crippen LogP contribution >= 0.6 is 27.5 Å². The molecule has 4 nitrogen and oxygen atoms in total. The minimum Gasteiger partial charge on any atom is -0.305 e. The van der Waals surface area contributed by atoms with Crippen molar-refractivity contribution >= 4 is 39.3 Å². The molecule has 0 spiro atoms. The van der Waals surface area contributed by atoms with E-state index in [2.05, 4.69) is 31.2 Å². The summed E-state index contributed by atoms with van der Waals surface area (Å²) in [6, 6.07) is 12.9. The van der Waals surface area contributed by atoms with Crippen molar-refractivity contribution in [2.24, 2.45) is 0 Å². The number of hydrogen-bond donors (Lipinski definition) is 1. The fraction of sp³-hybridized carbons (Fsp3) is 0. The van der Waals surface area contributed by atoms with Gasteiger partial charge in [-0.2, -0.15) is 0 Å². The molecule has 1 aromatic heterocycles. The van der Waals surface area contributed by atoms with E-state index in [1.807, 2.05) is 24.3 Å². The van der Waals surface area contributed by atoms with Crippen molar-refractivity contribution in [2.75, 3.05) is 5.32 Å². The van der Waals surface area contributed by atoms with Gasteiger partial charge in [-0.15, -0.1) is 0 Å². The van der Waals surface area contributed by atoms with E-state index in [0.29, 0.717) is 16.4 Å². The topological polar surface area (TPSA) is 54.9 Å². The summed E-state index contributed by atoms with van der Waals surface area (Å²) in [5, 5.41) is 3.29. The van der Waals surface area contributed by atoms with E-state index in [-0.39, 0.29) is 5.91 Å². The first-order valence-electron chi connectivity index (χ1n) is 6.76. The predicted molar refractivity (Wildman–Crippen MR) is 94.6 cm³/mol. The van der Waals surface area contributed by atoms with Crippen molar-refractivity contribution in [1.29, 1.82) is 0 Å². The maximum absolute atomic E-state index is 12.3. The van der Waals surface area contributed by atoms with Gasteiger partial charge in [0.25, 0.3) is 5.91 Å². The van der Waals surface area contributed by atoms with Crippen LogP contribution in [0.1, 0.15) is 10.4 Å². The highest BCUT2D eigenvalue weighted by Crippen LogP contribution is 2.30. The first-order chi connectivity index (χ1) is 11.1. The van der Waals surface area contributed by atoms with E-state index in [1.54, 1.807) is 24.4 Å². The zero-order chi connectivity index (χ0) is 16.2. The highest BCUT2D eigenvalue weighted by molar-refractivity contribution is 9.10. The Bertz CT molecular complexity index is 838. The van der Waals surface area contributed by atoms with Crippen LogP contribution in [0.5, 0.6) is 0 Å². The highest BCUT2D eigenvalue weighted by Gasteiger charge is 2.11. The summed E-state index contributed by atoms with van der Waals surface area (Å²) in [4.78, 5) is 20.3. The van der Waals surface area contributed by atoms with Gasteiger partial charge in [0.05, 0.1) is 6.20 Å². The summed E-state index contributed by atoms with van der Waals surface area (Å²) in [6.45, 7) is 0. The number of anilines is 1. The van der Waals surface area contributed by atoms with Crippen LogP contribution in [0.25, 0.3) is 11.1 Å². The molecule has 0 bridgehead atoms. The van der Waals surface area contributed by atoms with Gasteiger partial charge in [-0.1, -0.05) is 39.7 Å². The van der Waals surface area contributed by atoms with E-state index in [9.17, 15) is 4.79 Å². The molecular formula is C17H11BrClN3O. The number of aromatic nitrogens is 2. The number of carbonyl (C=O) groups is 1. The van der Waals surface area contributed by atoms with Gasteiger partial charge in [0.1, 0.15) is 0 Å². The molecule has 0 unspecified atom stereocenters. The van der Waals surface area contributed by atoms with Crippen molar-refractivity contribution in [2.45, 2.75) is 0 Å². The second kappa shape index (κ2) is 6.89. The van der Waals surface area contributed by atoms with Crippen LogP contribution < -0.4 is 5.32 Å². The van der Waals surface area contributed by atoms with Crippen molar-refractivity contribution in [3.05, 3.63) is 76.1 Å². The van der Waals surface area contributed by atoms with Gasteiger partial charge in [0.15, 0.2) is 5.82 Å². The van der Waals surface area contributed by atoms with Gasteiger partial charge in [-0.25, -0.2) is 4.98 Å². The van der Waals surface area contributed by atoms with Crippen LogP contribution in [-0.4, -0.2) is 15.9 Å². The molecule has 3 rings (SSSR count). The number of carbonyl (C=O) groups excluding carboxylic acids is 1. The second-order valence-corrected chi connectivity index (χ2v) is 6.07. The number of hydrogen-bond acceptors (Lipinski definition) is 3. The lowest BCUT2D eigenvalue weighted by Crippen LogP contribution is -2.13. The predicted octanol–water partition coefficient (Wildman–Crippen LogP) is 4.81. The summed E-state index contributed by atoms with van der Waals surface area (Å²) in [6.07, 6.45) is 4.55. The second-order valence-electron chi connectivity index (χ2n) is 4.75. The summed E-state index contributed by atoms with van der Waals surface area (Å²) >= 11 is 9.67. The monoisotopic (exact) mass is 387 g/mol. The summed E-state index contributed by atoms with van der Waals surface area (Å²) in [5.74, 6) is 0.137. The molecule has 0 aliphatic carbocycles. The third-order valence-electron chi connectivity index (χ3n) is 3.19. The minimum atomic E-state index is -0.263. The lowest BCUT2D eigenvalue weighted by molar-refractivity contribution is 0.102. The van der Waals surface area contributed by atoms with Crippen molar-refractivity contribution in [1.82, 2.24) is 9.97 Å². The molecule has 0 aliphatic heterocycles. The third kappa shape index (κ3) is 3.75.